The number of methoxy groups -OCH3 is 3. The monoisotopic (exact) mass is 364 g/mol. The van der Waals surface area contributed by atoms with Crippen molar-refractivity contribution in [2.45, 2.75) is 26.0 Å². The first-order valence-electron chi connectivity index (χ1n) is 8.61. The Balaban J connectivity index is 1.70. The lowest BCUT2D eigenvalue weighted by Gasteiger charge is -2.17. The summed E-state index contributed by atoms with van der Waals surface area (Å²) in [5.41, 5.74) is 1.45. The lowest BCUT2D eigenvalue weighted by atomic mass is 10.0. The number of benzene rings is 1. The number of rotatable bonds is 7. The van der Waals surface area contributed by atoms with Crippen molar-refractivity contribution in [2.75, 3.05) is 34.4 Å². The number of halogens is 1. The molecule has 0 aliphatic carbocycles. The van der Waals surface area contributed by atoms with Gasteiger partial charge in [-0.1, -0.05) is 5.16 Å². The number of likely N-dealkylation sites (tertiary alicyclic amines) is 1. The van der Waals surface area contributed by atoms with Crippen LogP contribution >= 0.6 is 0 Å². The summed E-state index contributed by atoms with van der Waals surface area (Å²) < 4.78 is 35.8. The molecule has 6 nitrogen and oxygen atoms in total. The molecule has 1 aliphatic rings. The van der Waals surface area contributed by atoms with E-state index < -0.39 is 0 Å². The van der Waals surface area contributed by atoms with E-state index in [1.54, 1.807) is 20.3 Å². The fourth-order valence-corrected chi connectivity index (χ4v) is 3.55. The zero-order valence-electron chi connectivity index (χ0n) is 15.6. The molecule has 2 atom stereocenters. The van der Waals surface area contributed by atoms with Crippen LogP contribution in [0.4, 0.5) is 4.39 Å². The molecule has 7 heteroatoms. The summed E-state index contributed by atoms with van der Waals surface area (Å²) in [6.45, 7) is 3.92. The molecule has 0 spiro atoms. The molecule has 1 saturated heterocycles. The van der Waals surface area contributed by atoms with Gasteiger partial charge in [0.05, 0.1) is 26.0 Å². The Morgan fingerprint density at radius 3 is 2.50 bits per heavy atom. The number of aryl methyl sites for hydroxylation is 1. The van der Waals surface area contributed by atoms with E-state index in [0.717, 1.165) is 31.0 Å². The molecule has 2 aromatic rings. The second kappa shape index (κ2) is 8.05. The topological polar surface area (TPSA) is 57.0 Å². The highest BCUT2D eigenvalue weighted by atomic mass is 19.1. The van der Waals surface area contributed by atoms with Crippen molar-refractivity contribution in [1.82, 2.24) is 10.1 Å². The third-order valence-electron chi connectivity index (χ3n) is 4.85. The zero-order chi connectivity index (χ0) is 18.7. The minimum atomic E-state index is -0.300. The molecular weight excluding hydrogens is 339 g/mol. The third kappa shape index (κ3) is 3.99. The Hall–Kier alpha value is -2.12. The maximum Gasteiger partial charge on any atom is 0.163 e. The van der Waals surface area contributed by atoms with Crippen LogP contribution in [0.15, 0.2) is 22.7 Å². The molecule has 0 amide bonds. The summed E-state index contributed by atoms with van der Waals surface area (Å²) in [4.78, 5) is 2.19. The van der Waals surface area contributed by atoms with Crippen LogP contribution in [-0.4, -0.2) is 50.6 Å². The Kier molecular flexibility index (Phi) is 5.78. The van der Waals surface area contributed by atoms with Crippen LogP contribution in [-0.2, 0) is 17.7 Å². The molecule has 1 aromatic carbocycles. The van der Waals surface area contributed by atoms with Crippen LogP contribution in [0.1, 0.15) is 17.0 Å². The van der Waals surface area contributed by atoms with Crippen LogP contribution in [0.3, 0.4) is 0 Å². The van der Waals surface area contributed by atoms with E-state index in [0.29, 0.717) is 23.6 Å². The second-order valence-corrected chi connectivity index (χ2v) is 6.67. The molecule has 0 unspecified atom stereocenters. The predicted octanol–water partition coefficient (Wildman–Crippen LogP) is 2.83. The molecule has 0 bridgehead atoms. The van der Waals surface area contributed by atoms with E-state index in [4.69, 9.17) is 18.7 Å². The van der Waals surface area contributed by atoms with E-state index in [-0.39, 0.29) is 17.8 Å². The van der Waals surface area contributed by atoms with Crippen molar-refractivity contribution in [3.63, 3.8) is 0 Å². The molecule has 1 aromatic heterocycles. The maximum absolute atomic E-state index is 14.4. The molecule has 3 rings (SSSR count). The van der Waals surface area contributed by atoms with Crippen LogP contribution in [0.5, 0.6) is 11.5 Å². The number of aromatic nitrogens is 1. The van der Waals surface area contributed by atoms with Gasteiger partial charge in [0.1, 0.15) is 11.6 Å². The quantitative estimate of drug-likeness (QED) is 0.753. The van der Waals surface area contributed by atoms with E-state index >= 15 is 0 Å². The first-order chi connectivity index (χ1) is 12.5. The molecule has 26 heavy (non-hydrogen) atoms. The summed E-state index contributed by atoms with van der Waals surface area (Å²) in [5, 5.41) is 3.94. The largest absolute Gasteiger partial charge is 0.493 e. The van der Waals surface area contributed by atoms with Gasteiger partial charge in [0, 0.05) is 56.8 Å². The Bertz CT molecular complexity index is 749. The van der Waals surface area contributed by atoms with Gasteiger partial charge >= 0.3 is 0 Å². The van der Waals surface area contributed by atoms with Crippen LogP contribution < -0.4 is 9.47 Å². The van der Waals surface area contributed by atoms with Gasteiger partial charge in [-0.3, -0.25) is 4.90 Å². The van der Waals surface area contributed by atoms with Crippen molar-refractivity contribution in [2.24, 2.45) is 5.92 Å². The van der Waals surface area contributed by atoms with Gasteiger partial charge in [0.25, 0.3) is 0 Å². The van der Waals surface area contributed by atoms with Crippen molar-refractivity contribution in [3.8, 4) is 11.5 Å². The lowest BCUT2D eigenvalue weighted by molar-refractivity contribution is 0.0761. The van der Waals surface area contributed by atoms with Crippen molar-refractivity contribution >= 4 is 0 Å². The lowest BCUT2D eigenvalue weighted by Crippen LogP contribution is -2.23. The number of nitrogens with zero attached hydrogens (tertiary/aromatic N) is 2. The molecule has 0 N–H and O–H groups in total. The summed E-state index contributed by atoms with van der Waals surface area (Å²) in [6.07, 6.45) is 0.827. The van der Waals surface area contributed by atoms with Crippen LogP contribution in [0, 0.1) is 18.7 Å². The van der Waals surface area contributed by atoms with Crippen LogP contribution in [0.25, 0.3) is 0 Å². The van der Waals surface area contributed by atoms with Gasteiger partial charge in [-0.15, -0.1) is 0 Å². The van der Waals surface area contributed by atoms with Crippen molar-refractivity contribution in [1.29, 1.82) is 0 Å². The highest BCUT2D eigenvalue weighted by molar-refractivity contribution is 5.43. The van der Waals surface area contributed by atoms with Gasteiger partial charge in [-0.05, 0) is 13.0 Å². The van der Waals surface area contributed by atoms with E-state index in [2.05, 4.69) is 10.1 Å². The predicted molar refractivity (Wildman–Crippen MR) is 94.0 cm³/mol. The maximum atomic E-state index is 14.4. The molecule has 142 valence electrons. The average Bonchev–Trinajstić information content (AvgIpc) is 3.22. The zero-order valence-corrected chi connectivity index (χ0v) is 15.6. The molecule has 2 heterocycles. The normalized spacial score (nSPS) is 20.5. The van der Waals surface area contributed by atoms with Gasteiger partial charge < -0.3 is 18.7 Å². The molecule has 1 fully saturated rings. The standard InChI is InChI=1S/C19H25FN2O4/c1-12-5-15(26-21-12)6-14-10-22(11-19(14)25-4)9-13-7-17(23-2)18(24-3)8-16(13)20/h5,7-8,14,19H,6,9-11H2,1-4H3/t14-,19+/m1/s1. The van der Waals surface area contributed by atoms with Gasteiger partial charge in [0.2, 0.25) is 0 Å². The van der Waals surface area contributed by atoms with Crippen molar-refractivity contribution in [3.05, 3.63) is 41.0 Å². The molecular formula is C19H25FN2O4. The molecule has 0 saturated carbocycles. The number of hydrogen-bond acceptors (Lipinski definition) is 6. The summed E-state index contributed by atoms with van der Waals surface area (Å²) in [7, 11) is 4.76. The highest BCUT2D eigenvalue weighted by Gasteiger charge is 2.34. The SMILES string of the molecule is COc1cc(F)c(CN2C[C@@H](Cc3cc(C)no3)[C@@H](OC)C2)cc1OC. The fraction of sp³-hybridized carbons (Fsp3) is 0.526. The van der Waals surface area contributed by atoms with Gasteiger partial charge in [-0.2, -0.15) is 0 Å². The number of hydrogen-bond donors (Lipinski definition) is 0. The number of ether oxygens (including phenoxy) is 3. The third-order valence-corrected chi connectivity index (χ3v) is 4.85. The van der Waals surface area contributed by atoms with Crippen LogP contribution in [0.2, 0.25) is 0 Å². The van der Waals surface area contributed by atoms with Gasteiger partial charge in [0.15, 0.2) is 11.5 Å². The Morgan fingerprint density at radius 2 is 1.88 bits per heavy atom. The molecule has 1 aliphatic heterocycles. The first-order valence-corrected chi connectivity index (χ1v) is 8.61. The van der Waals surface area contributed by atoms with E-state index in [1.165, 1.54) is 13.2 Å². The summed E-state index contributed by atoms with van der Waals surface area (Å²) in [5.74, 6) is 1.75. The molecule has 0 radical (unpaired) electrons. The minimum absolute atomic E-state index is 0.0728. The van der Waals surface area contributed by atoms with Gasteiger partial charge in [-0.25, -0.2) is 4.39 Å². The van der Waals surface area contributed by atoms with Crippen molar-refractivity contribution < 1.29 is 23.1 Å². The minimum Gasteiger partial charge on any atom is -0.493 e. The average molecular weight is 364 g/mol. The second-order valence-electron chi connectivity index (χ2n) is 6.67. The summed E-state index contributed by atoms with van der Waals surface area (Å²) >= 11 is 0. The summed E-state index contributed by atoms with van der Waals surface area (Å²) in [6, 6.07) is 5.01. The van der Waals surface area contributed by atoms with E-state index in [9.17, 15) is 4.39 Å². The van der Waals surface area contributed by atoms with E-state index in [1.807, 2.05) is 13.0 Å². The Morgan fingerprint density at radius 1 is 1.15 bits per heavy atom. The smallest absolute Gasteiger partial charge is 0.163 e. The first kappa shape index (κ1) is 18.7. The fourth-order valence-electron chi connectivity index (χ4n) is 3.55. The highest BCUT2D eigenvalue weighted by Crippen LogP contribution is 2.32. The Labute approximate surface area is 152 Å².